The van der Waals surface area contributed by atoms with Crippen molar-refractivity contribution < 1.29 is 18.3 Å². The van der Waals surface area contributed by atoms with Crippen molar-refractivity contribution in [3.63, 3.8) is 0 Å². The number of fused-ring (bicyclic) bond motifs is 1. The van der Waals surface area contributed by atoms with Gasteiger partial charge in [-0.1, -0.05) is 28.8 Å². The number of amides is 1. The zero-order valence-electron chi connectivity index (χ0n) is 21.2. The van der Waals surface area contributed by atoms with Gasteiger partial charge in [-0.3, -0.25) is 9.59 Å². The van der Waals surface area contributed by atoms with Crippen LogP contribution in [0.3, 0.4) is 0 Å². The summed E-state index contributed by atoms with van der Waals surface area (Å²) in [6, 6.07) is 10.6. The van der Waals surface area contributed by atoms with Gasteiger partial charge in [-0.15, -0.1) is 5.10 Å². The number of aryl methyl sites for hydroxylation is 1. The van der Waals surface area contributed by atoms with Crippen molar-refractivity contribution >= 4 is 45.8 Å². The summed E-state index contributed by atoms with van der Waals surface area (Å²) < 4.78 is 28.8. The number of ether oxygens (including phenoxy) is 1. The standard InChI is InChI=1S/C27H23ClFN7O4/c1-35-14-15(12-20(26(35)38)31-24(37)16-6-2-3-7-18(16)29)25-33-34-27(40-25)32-19-9-10-21-17(23(19)28)13-30-36(21)22-8-4-5-11-39-22/h2-3,6-7,9-10,12-14,22H,4-5,8,11H2,1H3,(H,31,37)(H,32,34). The van der Waals surface area contributed by atoms with E-state index in [1.54, 1.807) is 12.3 Å². The normalized spacial score (nSPS) is 15.3. The highest BCUT2D eigenvalue weighted by Gasteiger charge is 2.21. The molecule has 2 N–H and O–H groups in total. The van der Waals surface area contributed by atoms with Crippen LogP contribution in [0.1, 0.15) is 35.8 Å². The van der Waals surface area contributed by atoms with Gasteiger partial charge in [0.2, 0.25) is 0 Å². The van der Waals surface area contributed by atoms with E-state index in [1.807, 2.05) is 10.7 Å². The van der Waals surface area contributed by atoms with Crippen molar-refractivity contribution in [2.75, 3.05) is 17.2 Å². The lowest BCUT2D eigenvalue weighted by Gasteiger charge is -2.23. The molecule has 1 aliphatic heterocycles. The van der Waals surface area contributed by atoms with Crippen molar-refractivity contribution in [1.29, 1.82) is 0 Å². The van der Waals surface area contributed by atoms with Crippen molar-refractivity contribution in [2.45, 2.75) is 25.5 Å². The first-order chi connectivity index (χ1) is 19.4. The van der Waals surface area contributed by atoms with Crippen molar-refractivity contribution in [2.24, 2.45) is 7.05 Å². The van der Waals surface area contributed by atoms with E-state index in [4.69, 9.17) is 20.8 Å². The summed E-state index contributed by atoms with van der Waals surface area (Å²) in [5.74, 6) is -1.38. The first kappa shape index (κ1) is 25.7. The molecule has 1 amide bonds. The van der Waals surface area contributed by atoms with Gasteiger partial charge in [0.15, 0.2) is 6.23 Å². The average Bonchev–Trinajstić information content (AvgIpc) is 3.61. The fourth-order valence-corrected chi connectivity index (χ4v) is 4.84. The molecule has 1 saturated heterocycles. The van der Waals surface area contributed by atoms with Gasteiger partial charge in [-0.25, -0.2) is 9.07 Å². The molecule has 1 atom stereocenters. The highest BCUT2D eigenvalue weighted by atomic mass is 35.5. The van der Waals surface area contributed by atoms with E-state index in [1.165, 1.54) is 42.1 Å². The number of aromatic nitrogens is 5. The summed E-state index contributed by atoms with van der Waals surface area (Å²) in [5.41, 5.74) is 0.987. The number of rotatable bonds is 6. The number of hydrogen-bond donors (Lipinski definition) is 2. The summed E-state index contributed by atoms with van der Waals surface area (Å²) >= 11 is 6.69. The van der Waals surface area contributed by atoms with E-state index >= 15 is 0 Å². The molecular formula is C27H23ClFN7O4. The Morgan fingerprint density at radius 2 is 2.00 bits per heavy atom. The van der Waals surface area contributed by atoms with Gasteiger partial charge in [0.1, 0.15) is 11.5 Å². The first-order valence-electron chi connectivity index (χ1n) is 12.5. The van der Waals surface area contributed by atoms with Gasteiger partial charge in [-0.05, 0) is 49.6 Å². The number of nitrogens with zero attached hydrogens (tertiary/aromatic N) is 5. The number of nitrogens with one attached hydrogen (secondary N) is 2. The summed E-state index contributed by atoms with van der Waals surface area (Å²) in [5, 5.41) is 19.2. The van der Waals surface area contributed by atoms with E-state index in [2.05, 4.69) is 25.9 Å². The Balaban J connectivity index is 1.24. The van der Waals surface area contributed by atoms with Crippen LogP contribution in [-0.4, -0.2) is 37.1 Å². The van der Waals surface area contributed by atoms with Crippen molar-refractivity contribution in [1.82, 2.24) is 24.5 Å². The van der Waals surface area contributed by atoms with Gasteiger partial charge in [0, 0.05) is 25.2 Å². The Labute approximate surface area is 231 Å². The molecule has 5 aromatic rings. The summed E-state index contributed by atoms with van der Waals surface area (Å²) in [7, 11) is 1.51. The van der Waals surface area contributed by atoms with E-state index in [0.717, 1.165) is 36.2 Å². The topological polar surface area (TPSA) is 129 Å². The van der Waals surface area contributed by atoms with Gasteiger partial charge >= 0.3 is 6.01 Å². The van der Waals surface area contributed by atoms with Crippen LogP contribution in [0, 0.1) is 5.82 Å². The molecule has 11 nitrogen and oxygen atoms in total. The zero-order chi connectivity index (χ0) is 27.8. The number of benzene rings is 2. The Kier molecular flexibility index (Phi) is 6.78. The van der Waals surface area contributed by atoms with Crippen LogP contribution < -0.4 is 16.2 Å². The quantitative estimate of drug-likeness (QED) is 0.286. The smallest absolute Gasteiger partial charge is 0.320 e. The Morgan fingerprint density at radius 3 is 2.80 bits per heavy atom. The minimum atomic E-state index is -0.761. The molecule has 204 valence electrons. The molecule has 2 aromatic carbocycles. The minimum Gasteiger partial charge on any atom is -0.403 e. The Bertz CT molecular complexity index is 1790. The Morgan fingerprint density at radius 1 is 1.15 bits per heavy atom. The van der Waals surface area contributed by atoms with E-state index in [-0.39, 0.29) is 29.4 Å². The lowest BCUT2D eigenvalue weighted by Crippen LogP contribution is -2.24. The van der Waals surface area contributed by atoms with Crippen molar-refractivity contribution in [3.8, 4) is 11.5 Å². The number of pyridine rings is 1. The van der Waals surface area contributed by atoms with Crippen LogP contribution in [0.5, 0.6) is 0 Å². The molecule has 0 spiro atoms. The molecule has 0 saturated carbocycles. The van der Waals surface area contributed by atoms with Crippen LogP contribution >= 0.6 is 11.6 Å². The van der Waals surface area contributed by atoms with Crippen LogP contribution in [0.25, 0.3) is 22.4 Å². The Hall–Kier alpha value is -4.55. The second kappa shape index (κ2) is 10.5. The van der Waals surface area contributed by atoms with Gasteiger partial charge in [0.25, 0.3) is 17.4 Å². The average molecular weight is 564 g/mol. The molecular weight excluding hydrogens is 541 g/mol. The van der Waals surface area contributed by atoms with Crippen molar-refractivity contribution in [3.05, 3.63) is 81.6 Å². The SMILES string of the molecule is Cn1cc(-c2nnc(Nc3ccc4c(cnn4C4CCCCO4)c3Cl)o2)cc(NC(=O)c2ccccc2F)c1=O. The van der Waals surface area contributed by atoms with Crippen LogP contribution in [0.15, 0.2) is 64.1 Å². The third kappa shape index (κ3) is 4.82. The number of hydrogen-bond acceptors (Lipinski definition) is 8. The second-order valence-electron chi connectivity index (χ2n) is 9.30. The molecule has 1 aliphatic rings. The molecule has 1 fully saturated rings. The maximum Gasteiger partial charge on any atom is 0.320 e. The fourth-order valence-electron chi connectivity index (χ4n) is 4.59. The molecule has 3 aromatic heterocycles. The fraction of sp³-hybridized carbons (Fsp3) is 0.222. The molecule has 0 bridgehead atoms. The highest BCUT2D eigenvalue weighted by molar-refractivity contribution is 6.38. The summed E-state index contributed by atoms with van der Waals surface area (Å²) in [4.78, 5) is 25.2. The largest absolute Gasteiger partial charge is 0.403 e. The highest BCUT2D eigenvalue weighted by Crippen LogP contribution is 2.35. The van der Waals surface area contributed by atoms with Crippen LogP contribution in [0.2, 0.25) is 5.02 Å². The molecule has 1 unspecified atom stereocenters. The monoisotopic (exact) mass is 563 g/mol. The predicted octanol–water partition coefficient (Wildman–Crippen LogP) is 5.27. The van der Waals surface area contributed by atoms with Crippen LogP contribution in [0.4, 0.5) is 21.8 Å². The van der Waals surface area contributed by atoms with Gasteiger partial charge in [-0.2, -0.15) is 5.10 Å². The second-order valence-corrected chi connectivity index (χ2v) is 9.68. The predicted molar refractivity (Wildman–Crippen MR) is 146 cm³/mol. The van der Waals surface area contributed by atoms with E-state index in [0.29, 0.717) is 22.9 Å². The molecule has 4 heterocycles. The van der Waals surface area contributed by atoms with E-state index < -0.39 is 17.3 Å². The number of halogens is 2. The van der Waals surface area contributed by atoms with E-state index in [9.17, 15) is 14.0 Å². The molecule has 40 heavy (non-hydrogen) atoms. The molecule has 6 rings (SSSR count). The first-order valence-corrected chi connectivity index (χ1v) is 12.9. The summed E-state index contributed by atoms with van der Waals surface area (Å²) in [6.07, 6.45) is 6.07. The lowest BCUT2D eigenvalue weighted by molar-refractivity contribution is -0.0366. The lowest BCUT2D eigenvalue weighted by atomic mass is 10.2. The number of carbonyl (C=O) groups excluding carboxylic acids is 1. The zero-order valence-corrected chi connectivity index (χ0v) is 22.0. The van der Waals surface area contributed by atoms with Crippen LogP contribution in [-0.2, 0) is 11.8 Å². The minimum absolute atomic E-state index is 0.0602. The third-order valence-corrected chi connectivity index (χ3v) is 7.01. The maximum atomic E-state index is 14.0. The van der Waals surface area contributed by atoms with Gasteiger partial charge < -0.3 is 24.4 Å². The van der Waals surface area contributed by atoms with Gasteiger partial charge in [0.05, 0.1) is 33.6 Å². The number of carbonyl (C=O) groups is 1. The number of anilines is 3. The molecule has 13 heteroatoms. The maximum absolute atomic E-state index is 14.0. The summed E-state index contributed by atoms with van der Waals surface area (Å²) in [6.45, 7) is 0.702. The third-order valence-electron chi connectivity index (χ3n) is 6.61. The molecule has 0 aliphatic carbocycles. The molecule has 0 radical (unpaired) electrons.